The second kappa shape index (κ2) is 2.69. The van der Waals surface area contributed by atoms with E-state index in [-0.39, 0.29) is 11.4 Å². The van der Waals surface area contributed by atoms with Crippen molar-refractivity contribution in [1.29, 1.82) is 0 Å². The highest BCUT2D eigenvalue weighted by Gasteiger charge is 2.59. The van der Waals surface area contributed by atoms with Gasteiger partial charge >= 0.3 is 0 Å². The molecule has 3 aliphatic carbocycles. The molecule has 0 spiro atoms. The fourth-order valence-corrected chi connectivity index (χ4v) is 4.65. The first-order valence-corrected chi connectivity index (χ1v) is 5.73. The molecule has 3 rings (SSSR count). The summed E-state index contributed by atoms with van der Waals surface area (Å²) in [5.74, 6) is 2.78. The van der Waals surface area contributed by atoms with Gasteiger partial charge in [0.1, 0.15) is 6.04 Å². The smallest absolute Gasteiger partial charge is 0.112 e. The highest BCUT2D eigenvalue weighted by Crippen LogP contribution is 2.60. The molecular formula is C10H14ClNO. The normalized spacial score (nSPS) is 58.2. The van der Waals surface area contributed by atoms with Crippen LogP contribution in [0.25, 0.3) is 0 Å². The molecule has 0 aliphatic heterocycles. The van der Waals surface area contributed by atoms with Gasteiger partial charge in [-0.15, -0.1) is 11.6 Å². The highest BCUT2D eigenvalue weighted by molar-refractivity contribution is 6.21. The average molecular weight is 200 g/mol. The van der Waals surface area contributed by atoms with Gasteiger partial charge in [-0.25, -0.2) is 0 Å². The number of fused-ring (bicyclic) bond motifs is 5. The molecule has 0 amide bonds. The SMILES string of the molecule is O=N[C@@H]1[C@H](Cl)[C@H]2C[C@H]1[C@@H]1CCC[C@@H]12. The van der Waals surface area contributed by atoms with Crippen molar-refractivity contribution in [2.75, 3.05) is 0 Å². The Balaban J connectivity index is 1.91. The second-order valence-corrected chi connectivity index (χ2v) is 5.37. The lowest BCUT2D eigenvalue weighted by Crippen LogP contribution is -2.35. The molecule has 0 aromatic heterocycles. The molecule has 2 nitrogen and oxygen atoms in total. The van der Waals surface area contributed by atoms with Crippen molar-refractivity contribution in [2.45, 2.75) is 37.1 Å². The number of nitroso groups, excluding NO2 is 1. The Morgan fingerprint density at radius 2 is 1.77 bits per heavy atom. The molecule has 0 N–H and O–H groups in total. The molecule has 72 valence electrons. The monoisotopic (exact) mass is 199 g/mol. The van der Waals surface area contributed by atoms with Crippen LogP contribution in [0.4, 0.5) is 0 Å². The molecule has 13 heavy (non-hydrogen) atoms. The van der Waals surface area contributed by atoms with Crippen LogP contribution in [0.3, 0.4) is 0 Å². The third kappa shape index (κ3) is 0.903. The van der Waals surface area contributed by atoms with Gasteiger partial charge in [-0.3, -0.25) is 0 Å². The maximum atomic E-state index is 10.7. The van der Waals surface area contributed by atoms with Gasteiger partial charge in [-0.05, 0) is 42.9 Å². The zero-order valence-corrected chi connectivity index (χ0v) is 8.28. The van der Waals surface area contributed by atoms with Crippen LogP contribution in [-0.2, 0) is 0 Å². The van der Waals surface area contributed by atoms with Gasteiger partial charge in [0.2, 0.25) is 0 Å². The molecule has 6 atom stereocenters. The number of rotatable bonds is 1. The summed E-state index contributed by atoms with van der Waals surface area (Å²) in [4.78, 5) is 10.7. The Morgan fingerprint density at radius 3 is 2.46 bits per heavy atom. The lowest BCUT2D eigenvalue weighted by molar-refractivity contribution is 0.238. The van der Waals surface area contributed by atoms with Gasteiger partial charge < -0.3 is 0 Å². The van der Waals surface area contributed by atoms with E-state index in [1.807, 2.05) is 0 Å². The maximum Gasteiger partial charge on any atom is 0.112 e. The number of hydrogen-bond acceptors (Lipinski definition) is 2. The van der Waals surface area contributed by atoms with Crippen LogP contribution in [0.2, 0.25) is 0 Å². The van der Waals surface area contributed by atoms with E-state index in [4.69, 9.17) is 11.6 Å². The molecule has 3 heteroatoms. The topological polar surface area (TPSA) is 29.4 Å². The van der Waals surface area contributed by atoms with Crippen LogP contribution in [-0.4, -0.2) is 11.4 Å². The van der Waals surface area contributed by atoms with Crippen molar-refractivity contribution >= 4 is 11.6 Å². The molecular weight excluding hydrogens is 186 g/mol. The lowest BCUT2D eigenvalue weighted by atomic mass is 9.79. The van der Waals surface area contributed by atoms with E-state index >= 15 is 0 Å². The number of alkyl halides is 1. The summed E-state index contributed by atoms with van der Waals surface area (Å²) in [5.41, 5.74) is 0. The van der Waals surface area contributed by atoms with Gasteiger partial charge in [0.05, 0.1) is 5.38 Å². The van der Waals surface area contributed by atoms with Crippen molar-refractivity contribution < 1.29 is 0 Å². The van der Waals surface area contributed by atoms with E-state index in [1.165, 1.54) is 25.7 Å². The molecule has 0 heterocycles. The van der Waals surface area contributed by atoms with Crippen LogP contribution in [0.1, 0.15) is 25.7 Å². The van der Waals surface area contributed by atoms with Crippen molar-refractivity contribution in [3.63, 3.8) is 0 Å². The Hall–Kier alpha value is -0.110. The summed E-state index contributed by atoms with van der Waals surface area (Å²) in [7, 11) is 0. The van der Waals surface area contributed by atoms with E-state index in [0.29, 0.717) is 11.8 Å². The lowest BCUT2D eigenvalue weighted by Gasteiger charge is -2.31. The minimum Gasteiger partial charge on any atom is -0.150 e. The van der Waals surface area contributed by atoms with Gasteiger partial charge in [-0.2, -0.15) is 4.91 Å². The van der Waals surface area contributed by atoms with Crippen molar-refractivity contribution in [3.8, 4) is 0 Å². The van der Waals surface area contributed by atoms with Gasteiger partial charge in [0.15, 0.2) is 0 Å². The maximum absolute atomic E-state index is 10.7. The molecule has 0 aromatic rings. The first-order valence-electron chi connectivity index (χ1n) is 5.29. The molecule has 0 saturated heterocycles. The van der Waals surface area contributed by atoms with Crippen LogP contribution in [0, 0.1) is 28.6 Å². The predicted molar refractivity (Wildman–Crippen MR) is 51.7 cm³/mol. The van der Waals surface area contributed by atoms with Crippen LogP contribution in [0.5, 0.6) is 0 Å². The number of nitrogens with zero attached hydrogens (tertiary/aromatic N) is 1. The fourth-order valence-electron chi connectivity index (χ4n) is 4.13. The van der Waals surface area contributed by atoms with E-state index in [1.54, 1.807) is 0 Å². The fraction of sp³-hybridized carbons (Fsp3) is 1.00. The van der Waals surface area contributed by atoms with E-state index in [0.717, 1.165) is 11.8 Å². The Bertz CT molecular complexity index is 245. The van der Waals surface area contributed by atoms with E-state index < -0.39 is 0 Å². The van der Waals surface area contributed by atoms with Gasteiger partial charge in [0, 0.05) is 0 Å². The van der Waals surface area contributed by atoms with Crippen molar-refractivity contribution in [1.82, 2.24) is 0 Å². The van der Waals surface area contributed by atoms with Gasteiger partial charge in [0.25, 0.3) is 0 Å². The predicted octanol–water partition coefficient (Wildman–Crippen LogP) is 2.79. The van der Waals surface area contributed by atoms with E-state index in [2.05, 4.69) is 5.18 Å². The summed E-state index contributed by atoms with van der Waals surface area (Å²) < 4.78 is 0. The summed E-state index contributed by atoms with van der Waals surface area (Å²) in [6.07, 6.45) is 5.19. The Morgan fingerprint density at radius 1 is 1.08 bits per heavy atom. The summed E-state index contributed by atoms with van der Waals surface area (Å²) in [5, 5.41) is 3.29. The van der Waals surface area contributed by atoms with E-state index in [9.17, 15) is 4.91 Å². The standard InChI is InChI=1S/C10H14ClNO/c11-9-7-4-8(10(9)12-13)6-3-1-2-5(6)7/h5-10H,1-4H2/t5-,6+,7-,8-,9+,10-/m0/s1. The number of halogens is 1. The Labute approximate surface area is 83.0 Å². The minimum atomic E-state index is -0.0639. The molecule has 2 bridgehead atoms. The highest BCUT2D eigenvalue weighted by atomic mass is 35.5. The first-order chi connectivity index (χ1) is 6.33. The Kier molecular flexibility index (Phi) is 1.70. The average Bonchev–Trinajstić information content (AvgIpc) is 2.71. The molecule has 0 aromatic carbocycles. The largest absolute Gasteiger partial charge is 0.150 e. The molecule has 0 radical (unpaired) electrons. The second-order valence-electron chi connectivity index (χ2n) is 4.86. The summed E-state index contributed by atoms with van der Waals surface area (Å²) in [6, 6.07) is -0.0639. The molecule has 0 unspecified atom stereocenters. The van der Waals surface area contributed by atoms with Crippen LogP contribution in [0.15, 0.2) is 5.18 Å². The molecule has 3 fully saturated rings. The third-order valence-corrected chi connectivity index (χ3v) is 5.15. The zero-order valence-electron chi connectivity index (χ0n) is 7.53. The quantitative estimate of drug-likeness (QED) is 0.472. The molecule has 3 saturated carbocycles. The number of hydrogen-bond donors (Lipinski definition) is 0. The summed E-state index contributed by atoms with van der Waals surface area (Å²) in [6.45, 7) is 0. The zero-order chi connectivity index (χ0) is 9.00. The first kappa shape index (κ1) is 8.22. The van der Waals surface area contributed by atoms with Gasteiger partial charge in [-0.1, -0.05) is 11.6 Å². The van der Waals surface area contributed by atoms with Crippen LogP contribution < -0.4 is 0 Å². The van der Waals surface area contributed by atoms with Crippen molar-refractivity contribution in [2.24, 2.45) is 28.8 Å². The van der Waals surface area contributed by atoms with Crippen LogP contribution >= 0.6 is 11.6 Å². The molecule has 3 aliphatic rings. The third-order valence-electron chi connectivity index (χ3n) is 4.56. The summed E-state index contributed by atoms with van der Waals surface area (Å²) >= 11 is 6.25. The minimum absolute atomic E-state index is 0.0573. The van der Waals surface area contributed by atoms with Crippen molar-refractivity contribution in [3.05, 3.63) is 4.91 Å².